The largest absolute Gasteiger partial charge is 0.370 e. The molecule has 0 fully saturated rings. The van der Waals surface area contributed by atoms with Gasteiger partial charge in [0.1, 0.15) is 5.82 Å². The molecule has 0 atom stereocenters. The van der Waals surface area contributed by atoms with E-state index < -0.39 is 0 Å². The van der Waals surface area contributed by atoms with Crippen molar-refractivity contribution in [3.63, 3.8) is 0 Å². The van der Waals surface area contributed by atoms with E-state index >= 15 is 0 Å². The molecule has 1 heterocycles. The van der Waals surface area contributed by atoms with Gasteiger partial charge in [0.15, 0.2) is 5.82 Å². The van der Waals surface area contributed by atoms with Gasteiger partial charge in [-0.3, -0.25) is 0 Å². The molecule has 0 spiro atoms. The number of benzene rings is 1. The molecule has 1 aromatic carbocycles. The van der Waals surface area contributed by atoms with Crippen LogP contribution in [0.1, 0.15) is 32.4 Å². The summed E-state index contributed by atoms with van der Waals surface area (Å²) < 4.78 is 0. The third kappa shape index (κ3) is 4.32. The number of hydrogen-bond acceptors (Lipinski definition) is 3. The van der Waals surface area contributed by atoms with Crippen LogP contribution in [0.25, 0.3) is 11.4 Å². The number of aryl methyl sites for hydroxylation is 1. The summed E-state index contributed by atoms with van der Waals surface area (Å²) in [5.74, 6) is 1.45. The van der Waals surface area contributed by atoms with Crippen molar-refractivity contribution in [3.8, 4) is 11.4 Å². The monoisotopic (exact) mass is 323 g/mol. The molecule has 5 heteroatoms. The van der Waals surface area contributed by atoms with Gasteiger partial charge in [0.05, 0.1) is 5.02 Å². The smallest absolute Gasteiger partial charge is 0.163 e. The molecule has 0 radical (unpaired) electrons. The summed E-state index contributed by atoms with van der Waals surface area (Å²) in [5.41, 5.74) is 1.78. The van der Waals surface area contributed by atoms with Crippen LogP contribution in [-0.2, 0) is 6.42 Å². The number of nitrogens with one attached hydrogen (secondary N) is 1. The predicted molar refractivity (Wildman–Crippen MR) is 90.3 cm³/mol. The van der Waals surface area contributed by atoms with Crippen molar-refractivity contribution in [1.82, 2.24) is 9.97 Å². The van der Waals surface area contributed by atoms with Crippen LogP contribution in [0.3, 0.4) is 0 Å². The van der Waals surface area contributed by atoms with Crippen LogP contribution in [0, 0.1) is 0 Å². The van der Waals surface area contributed by atoms with Gasteiger partial charge in [0, 0.05) is 28.9 Å². The maximum absolute atomic E-state index is 6.26. The second-order valence-electron chi connectivity index (χ2n) is 4.87. The van der Waals surface area contributed by atoms with E-state index in [1.165, 1.54) is 0 Å². The number of rotatable bonds is 6. The number of halogens is 2. The molecular formula is C16H19Cl2N3. The molecule has 0 amide bonds. The highest BCUT2D eigenvalue weighted by Gasteiger charge is 2.10. The van der Waals surface area contributed by atoms with Crippen LogP contribution in [0.2, 0.25) is 10.0 Å². The lowest BCUT2D eigenvalue weighted by molar-refractivity contribution is 0.872. The van der Waals surface area contributed by atoms with Crippen molar-refractivity contribution < 1.29 is 0 Å². The maximum Gasteiger partial charge on any atom is 0.163 e. The Labute approximate surface area is 135 Å². The third-order valence-electron chi connectivity index (χ3n) is 3.01. The molecule has 2 aromatic rings. The molecule has 0 saturated carbocycles. The van der Waals surface area contributed by atoms with E-state index in [-0.39, 0.29) is 0 Å². The number of anilines is 1. The highest BCUT2D eigenvalue weighted by molar-refractivity contribution is 6.35. The summed E-state index contributed by atoms with van der Waals surface area (Å²) in [5, 5.41) is 4.54. The van der Waals surface area contributed by atoms with Crippen molar-refractivity contribution in [1.29, 1.82) is 0 Å². The van der Waals surface area contributed by atoms with Crippen LogP contribution in [0.5, 0.6) is 0 Å². The minimum Gasteiger partial charge on any atom is -0.370 e. The first-order valence-corrected chi connectivity index (χ1v) is 7.97. The van der Waals surface area contributed by atoms with Gasteiger partial charge in [0.25, 0.3) is 0 Å². The average Bonchev–Trinajstić information content (AvgIpc) is 2.48. The van der Waals surface area contributed by atoms with Crippen molar-refractivity contribution >= 4 is 29.0 Å². The summed E-state index contributed by atoms with van der Waals surface area (Å²) in [7, 11) is 0. The fraction of sp³-hybridized carbons (Fsp3) is 0.375. The first kappa shape index (κ1) is 16.1. The Morgan fingerprint density at radius 2 is 1.86 bits per heavy atom. The molecule has 3 nitrogen and oxygen atoms in total. The van der Waals surface area contributed by atoms with E-state index in [0.29, 0.717) is 15.9 Å². The SMILES string of the molecule is CCCNc1cc(CCC)nc(-c2cc(Cl)ccc2Cl)n1. The van der Waals surface area contributed by atoms with Crippen LogP contribution in [0.4, 0.5) is 5.82 Å². The molecule has 2 rings (SSSR count). The zero-order chi connectivity index (χ0) is 15.2. The first-order valence-electron chi connectivity index (χ1n) is 7.21. The molecule has 0 aliphatic heterocycles. The minimum absolute atomic E-state index is 0.606. The van der Waals surface area contributed by atoms with E-state index in [4.69, 9.17) is 23.2 Å². The van der Waals surface area contributed by atoms with E-state index in [0.717, 1.165) is 42.9 Å². The summed E-state index contributed by atoms with van der Waals surface area (Å²) in [6, 6.07) is 7.34. The zero-order valence-electron chi connectivity index (χ0n) is 12.3. The lowest BCUT2D eigenvalue weighted by atomic mass is 10.2. The molecule has 0 saturated heterocycles. The molecule has 1 N–H and O–H groups in total. The van der Waals surface area contributed by atoms with E-state index in [1.54, 1.807) is 18.2 Å². The quantitative estimate of drug-likeness (QED) is 0.791. The fourth-order valence-corrected chi connectivity index (χ4v) is 2.39. The molecule has 0 aliphatic rings. The minimum atomic E-state index is 0.606. The lowest BCUT2D eigenvalue weighted by Crippen LogP contribution is -2.05. The molecule has 112 valence electrons. The van der Waals surface area contributed by atoms with Gasteiger partial charge in [-0.1, -0.05) is 43.5 Å². The highest BCUT2D eigenvalue weighted by Crippen LogP contribution is 2.29. The van der Waals surface area contributed by atoms with Gasteiger partial charge in [0.2, 0.25) is 0 Å². The van der Waals surface area contributed by atoms with Gasteiger partial charge < -0.3 is 5.32 Å². The van der Waals surface area contributed by atoms with Crippen LogP contribution in [-0.4, -0.2) is 16.5 Å². The normalized spacial score (nSPS) is 10.7. The Morgan fingerprint density at radius 1 is 1.05 bits per heavy atom. The van der Waals surface area contributed by atoms with Crippen LogP contribution in [0.15, 0.2) is 24.3 Å². The topological polar surface area (TPSA) is 37.8 Å². The van der Waals surface area contributed by atoms with Gasteiger partial charge in [-0.05, 0) is 31.0 Å². The van der Waals surface area contributed by atoms with E-state index in [1.807, 2.05) is 6.07 Å². The summed E-state index contributed by atoms with van der Waals surface area (Å²) in [6.07, 6.45) is 2.99. The van der Waals surface area contributed by atoms with Gasteiger partial charge >= 0.3 is 0 Å². The Morgan fingerprint density at radius 3 is 2.57 bits per heavy atom. The van der Waals surface area contributed by atoms with Gasteiger partial charge in [-0.15, -0.1) is 0 Å². The molecular weight excluding hydrogens is 305 g/mol. The highest BCUT2D eigenvalue weighted by atomic mass is 35.5. The maximum atomic E-state index is 6.26. The fourth-order valence-electron chi connectivity index (χ4n) is 2.01. The van der Waals surface area contributed by atoms with Gasteiger partial charge in [-0.25, -0.2) is 9.97 Å². The second kappa shape index (κ2) is 7.62. The molecule has 0 bridgehead atoms. The summed E-state index contributed by atoms with van der Waals surface area (Å²) >= 11 is 12.3. The second-order valence-corrected chi connectivity index (χ2v) is 5.71. The third-order valence-corrected chi connectivity index (χ3v) is 3.58. The van der Waals surface area contributed by atoms with Crippen LogP contribution < -0.4 is 5.32 Å². The number of aromatic nitrogens is 2. The molecule has 0 aliphatic carbocycles. The molecule has 1 aromatic heterocycles. The number of nitrogens with zero attached hydrogens (tertiary/aromatic N) is 2. The lowest BCUT2D eigenvalue weighted by Gasteiger charge is -2.10. The van der Waals surface area contributed by atoms with Crippen molar-refractivity contribution in [2.24, 2.45) is 0 Å². The van der Waals surface area contributed by atoms with E-state index in [9.17, 15) is 0 Å². The Hall–Kier alpha value is -1.32. The van der Waals surface area contributed by atoms with Crippen molar-refractivity contribution in [2.45, 2.75) is 33.1 Å². The zero-order valence-corrected chi connectivity index (χ0v) is 13.8. The summed E-state index contributed by atoms with van der Waals surface area (Å²) in [4.78, 5) is 9.17. The Balaban J connectivity index is 2.45. The van der Waals surface area contributed by atoms with E-state index in [2.05, 4.69) is 29.1 Å². The first-order chi connectivity index (χ1) is 10.1. The van der Waals surface area contributed by atoms with Crippen molar-refractivity contribution in [3.05, 3.63) is 40.0 Å². The molecule has 21 heavy (non-hydrogen) atoms. The Kier molecular flexibility index (Phi) is 5.83. The van der Waals surface area contributed by atoms with Crippen molar-refractivity contribution in [2.75, 3.05) is 11.9 Å². The average molecular weight is 324 g/mol. The predicted octanol–water partition coefficient (Wildman–Crippen LogP) is 5.22. The number of hydrogen-bond donors (Lipinski definition) is 1. The van der Waals surface area contributed by atoms with Gasteiger partial charge in [-0.2, -0.15) is 0 Å². The summed E-state index contributed by atoms with van der Waals surface area (Å²) in [6.45, 7) is 5.13. The standard InChI is InChI=1S/C16H19Cl2N3/c1-3-5-12-10-15(19-8-4-2)21-16(20-12)13-9-11(17)6-7-14(13)18/h6-7,9-10H,3-5,8H2,1-2H3,(H,19,20,21). The molecule has 0 unspecified atom stereocenters. The van der Waals surface area contributed by atoms with Crippen LogP contribution >= 0.6 is 23.2 Å². The Bertz CT molecular complexity index is 614.